The predicted octanol–water partition coefficient (Wildman–Crippen LogP) is 2.65. The van der Waals surface area contributed by atoms with E-state index in [0.717, 1.165) is 17.0 Å². The fourth-order valence-electron chi connectivity index (χ4n) is 1.96. The fourth-order valence-corrected chi connectivity index (χ4v) is 1.96. The summed E-state index contributed by atoms with van der Waals surface area (Å²) < 4.78 is 5.61. The van der Waals surface area contributed by atoms with Crippen LogP contribution in [0.1, 0.15) is 16.8 Å². The zero-order chi connectivity index (χ0) is 11.1. The zero-order valence-electron chi connectivity index (χ0n) is 9.32. The van der Waals surface area contributed by atoms with Crippen LogP contribution in [0.3, 0.4) is 0 Å². The van der Waals surface area contributed by atoms with E-state index in [1.165, 1.54) is 11.1 Å². The van der Waals surface area contributed by atoms with Crippen molar-refractivity contribution in [2.45, 2.75) is 20.5 Å². The molecule has 0 saturated carbocycles. The van der Waals surface area contributed by atoms with Crippen molar-refractivity contribution in [1.29, 1.82) is 0 Å². The highest BCUT2D eigenvalue weighted by atomic mass is 16.5. The van der Waals surface area contributed by atoms with Crippen LogP contribution in [-0.2, 0) is 6.61 Å². The van der Waals surface area contributed by atoms with Crippen LogP contribution in [0, 0.1) is 13.8 Å². The summed E-state index contributed by atoms with van der Waals surface area (Å²) in [6.45, 7) is 4.58. The molecule has 1 aromatic heterocycles. The van der Waals surface area contributed by atoms with Gasteiger partial charge in [0.15, 0.2) is 0 Å². The highest BCUT2D eigenvalue weighted by molar-refractivity contribution is 5.70. The van der Waals surface area contributed by atoms with E-state index in [-0.39, 0.29) is 0 Å². The van der Waals surface area contributed by atoms with Crippen LogP contribution < -0.4 is 4.74 Å². The Morgan fingerprint density at radius 3 is 3.00 bits per heavy atom. The summed E-state index contributed by atoms with van der Waals surface area (Å²) in [5, 5.41) is 0. The van der Waals surface area contributed by atoms with Gasteiger partial charge in [-0.15, -0.1) is 0 Å². The van der Waals surface area contributed by atoms with Crippen molar-refractivity contribution in [2.24, 2.45) is 0 Å². The SMILES string of the molecule is Cc1ccc2c(c1)COc1nc(C)cnc1-2. The minimum atomic E-state index is 0.585. The quantitative estimate of drug-likeness (QED) is 0.673. The van der Waals surface area contributed by atoms with Crippen molar-refractivity contribution >= 4 is 0 Å². The minimum absolute atomic E-state index is 0.585. The summed E-state index contributed by atoms with van der Waals surface area (Å²) >= 11 is 0. The lowest BCUT2D eigenvalue weighted by Gasteiger charge is -2.19. The topological polar surface area (TPSA) is 35.0 Å². The van der Waals surface area contributed by atoms with Crippen LogP contribution in [0.25, 0.3) is 11.3 Å². The van der Waals surface area contributed by atoms with E-state index in [2.05, 4.69) is 35.1 Å². The van der Waals surface area contributed by atoms with Gasteiger partial charge in [0.05, 0.1) is 5.69 Å². The van der Waals surface area contributed by atoms with E-state index in [1.807, 2.05) is 6.92 Å². The van der Waals surface area contributed by atoms with Gasteiger partial charge in [-0.2, -0.15) is 0 Å². The molecule has 80 valence electrons. The monoisotopic (exact) mass is 212 g/mol. The van der Waals surface area contributed by atoms with Crippen molar-refractivity contribution < 1.29 is 4.74 Å². The number of nitrogens with zero attached hydrogens (tertiary/aromatic N) is 2. The second kappa shape index (κ2) is 3.30. The number of fused-ring (bicyclic) bond motifs is 3. The molecule has 0 saturated heterocycles. The van der Waals surface area contributed by atoms with Crippen LogP contribution >= 0.6 is 0 Å². The average Bonchev–Trinajstić information content (AvgIpc) is 2.28. The van der Waals surface area contributed by atoms with Gasteiger partial charge in [-0.25, -0.2) is 9.97 Å². The zero-order valence-corrected chi connectivity index (χ0v) is 9.32. The smallest absolute Gasteiger partial charge is 0.241 e. The molecule has 3 rings (SSSR count). The Bertz CT molecular complexity index is 512. The highest BCUT2D eigenvalue weighted by Crippen LogP contribution is 2.34. The molecule has 2 heterocycles. The van der Waals surface area contributed by atoms with E-state index < -0.39 is 0 Å². The van der Waals surface area contributed by atoms with Gasteiger partial charge >= 0.3 is 0 Å². The van der Waals surface area contributed by atoms with Crippen molar-refractivity contribution in [1.82, 2.24) is 9.97 Å². The predicted molar refractivity (Wildman–Crippen MR) is 61.3 cm³/mol. The molecule has 0 unspecified atom stereocenters. The van der Waals surface area contributed by atoms with E-state index in [0.29, 0.717) is 12.5 Å². The third-order valence-electron chi connectivity index (χ3n) is 2.74. The van der Waals surface area contributed by atoms with E-state index >= 15 is 0 Å². The third-order valence-corrected chi connectivity index (χ3v) is 2.74. The van der Waals surface area contributed by atoms with Crippen LogP contribution in [-0.4, -0.2) is 9.97 Å². The molecule has 0 fully saturated rings. The normalized spacial score (nSPS) is 12.6. The molecule has 0 amide bonds. The standard InChI is InChI=1S/C13H12N2O/c1-8-3-4-11-10(5-8)7-16-13-12(11)14-6-9(2)15-13/h3-6H,7H2,1-2H3. The van der Waals surface area contributed by atoms with Gasteiger partial charge in [0.25, 0.3) is 0 Å². The van der Waals surface area contributed by atoms with Gasteiger partial charge in [-0.1, -0.05) is 23.8 Å². The summed E-state index contributed by atoms with van der Waals surface area (Å²) in [5.74, 6) is 0.649. The van der Waals surface area contributed by atoms with Gasteiger partial charge in [0.2, 0.25) is 5.88 Å². The number of hydrogen-bond donors (Lipinski definition) is 0. The van der Waals surface area contributed by atoms with Crippen molar-refractivity contribution in [3.05, 3.63) is 41.2 Å². The van der Waals surface area contributed by atoms with Crippen LogP contribution in [0.15, 0.2) is 24.4 Å². The molecule has 0 atom stereocenters. The number of aryl methyl sites for hydroxylation is 2. The summed E-state index contributed by atoms with van der Waals surface area (Å²) in [7, 11) is 0. The Balaban J connectivity index is 2.23. The molecule has 1 aliphatic heterocycles. The molecule has 3 heteroatoms. The first-order valence-corrected chi connectivity index (χ1v) is 5.30. The molecule has 2 aromatic rings. The number of aromatic nitrogens is 2. The lowest BCUT2D eigenvalue weighted by atomic mass is 10.0. The maximum absolute atomic E-state index is 5.61. The molecule has 1 aliphatic rings. The molecule has 0 aliphatic carbocycles. The van der Waals surface area contributed by atoms with Gasteiger partial charge in [0.1, 0.15) is 12.3 Å². The van der Waals surface area contributed by atoms with Gasteiger partial charge in [0, 0.05) is 11.8 Å². The van der Waals surface area contributed by atoms with E-state index in [9.17, 15) is 0 Å². The molecular weight excluding hydrogens is 200 g/mol. The van der Waals surface area contributed by atoms with E-state index in [1.54, 1.807) is 6.20 Å². The van der Waals surface area contributed by atoms with Crippen molar-refractivity contribution in [3.8, 4) is 17.1 Å². The highest BCUT2D eigenvalue weighted by Gasteiger charge is 2.19. The second-order valence-corrected chi connectivity index (χ2v) is 4.11. The Morgan fingerprint density at radius 1 is 1.25 bits per heavy atom. The maximum Gasteiger partial charge on any atom is 0.241 e. The summed E-state index contributed by atoms with van der Waals surface area (Å²) in [5.41, 5.74) is 5.30. The van der Waals surface area contributed by atoms with Crippen molar-refractivity contribution in [3.63, 3.8) is 0 Å². The summed E-state index contributed by atoms with van der Waals surface area (Å²) in [6.07, 6.45) is 1.77. The number of ether oxygens (including phenoxy) is 1. The molecule has 16 heavy (non-hydrogen) atoms. The number of hydrogen-bond acceptors (Lipinski definition) is 3. The molecule has 1 aromatic carbocycles. The van der Waals surface area contributed by atoms with Crippen LogP contribution in [0.4, 0.5) is 0 Å². The first-order chi connectivity index (χ1) is 7.74. The Kier molecular flexibility index (Phi) is 1.93. The Morgan fingerprint density at radius 2 is 2.12 bits per heavy atom. The molecule has 0 N–H and O–H groups in total. The summed E-state index contributed by atoms with van der Waals surface area (Å²) in [6, 6.07) is 6.32. The fraction of sp³-hybridized carbons (Fsp3) is 0.231. The molecule has 0 radical (unpaired) electrons. The summed E-state index contributed by atoms with van der Waals surface area (Å²) in [4.78, 5) is 8.75. The largest absolute Gasteiger partial charge is 0.471 e. The lowest BCUT2D eigenvalue weighted by molar-refractivity contribution is 0.287. The first kappa shape index (κ1) is 9.33. The van der Waals surface area contributed by atoms with Crippen LogP contribution in [0.5, 0.6) is 5.88 Å². The Labute approximate surface area is 94.1 Å². The molecule has 0 spiro atoms. The molecule has 3 nitrogen and oxygen atoms in total. The number of benzene rings is 1. The minimum Gasteiger partial charge on any atom is -0.471 e. The second-order valence-electron chi connectivity index (χ2n) is 4.11. The molecule has 0 bridgehead atoms. The average molecular weight is 212 g/mol. The first-order valence-electron chi connectivity index (χ1n) is 5.30. The lowest BCUT2D eigenvalue weighted by Crippen LogP contribution is -2.09. The van der Waals surface area contributed by atoms with Gasteiger partial charge in [-0.3, -0.25) is 0 Å². The van der Waals surface area contributed by atoms with E-state index in [4.69, 9.17) is 4.74 Å². The van der Waals surface area contributed by atoms with Crippen molar-refractivity contribution in [2.75, 3.05) is 0 Å². The van der Waals surface area contributed by atoms with Crippen LogP contribution in [0.2, 0.25) is 0 Å². The third kappa shape index (κ3) is 1.36. The Hall–Kier alpha value is -1.90. The number of rotatable bonds is 0. The molecular formula is C13H12N2O. The van der Waals surface area contributed by atoms with Gasteiger partial charge in [-0.05, 0) is 19.4 Å². The van der Waals surface area contributed by atoms with Gasteiger partial charge < -0.3 is 4.74 Å². The maximum atomic E-state index is 5.61.